The van der Waals surface area contributed by atoms with Crippen molar-refractivity contribution in [2.24, 2.45) is 11.8 Å². The van der Waals surface area contributed by atoms with Crippen LogP contribution >= 0.6 is 0 Å². The van der Waals surface area contributed by atoms with Gasteiger partial charge in [0.05, 0.1) is 22.9 Å². The summed E-state index contributed by atoms with van der Waals surface area (Å²) in [5.74, 6) is -3.61. The molecule has 0 aliphatic carbocycles. The van der Waals surface area contributed by atoms with Crippen LogP contribution < -0.4 is 10.4 Å². The maximum absolute atomic E-state index is 14.1. The molecule has 1 atom stereocenters. The number of piperazine rings is 1. The lowest BCUT2D eigenvalue weighted by Gasteiger charge is -2.36. The van der Waals surface area contributed by atoms with Crippen molar-refractivity contribution in [1.82, 2.24) is 9.79 Å². The maximum Gasteiger partial charge on any atom is 0.416 e. The Labute approximate surface area is 166 Å². The number of anilines is 1. The Hall–Kier alpha value is -1.92. The Bertz CT molecular complexity index is 838. The molecule has 0 spiro atoms. The fraction of sp³-hybridized carbons (Fsp3) is 0.588. The van der Waals surface area contributed by atoms with Crippen molar-refractivity contribution >= 4 is 21.6 Å². The molecule has 29 heavy (non-hydrogen) atoms. The number of hydroxylamine groups is 1. The number of carbonyl (C=O) groups is 1. The molecule has 1 saturated heterocycles. The minimum Gasteiger partial charge on any atom is -0.367 e. The molecule has 0 bridgehead atoms. The number of nitrogens with zero attached hydrogens (tertiary/aromatic N) is 2. The first-order valence-corrected chi connectivity index (χ1v) is 10.5. The average Bonchev–Trinajstić information content (AvgIpc) is 2.64. The minimum atomic E-state index is -4.65. The molecular weight excluding hydrogens is 418 g/mol. The normalized spacial score (nSPS) is 17.4. The largest absolute Gasteiger partial charge is 0.416 e. The third-order valence-electron chi connectivity index (χ3n) is 4.89. The van der Waals surface area contributed by atoms with E-state index in [1.54, 1.807) is 13.8 Å². The van der Waals surface area contributed by atoms with Gasteiger partial charge >= 0.3 is 6.18 Å². The first kappa shape index (κ1) is 23.4. The summed E-state index contributed by atoms with van der Waals surface area (Å²) in [6, 6.07) is 2.23. The first-order chi connectivity index (χ1) is 13.4. The van der Waals surface area contributed by atoms with E-state index in [-0.39, 0.29) is 37.8 Å². The number of halogens is 4. The van der Waals surface area contributed by atoms with E-state index >= 15 is 0 Å². The van der Waals surface area contributed by atoms with Gasteiger partial charge in [-0.1, -0.05) is 13.8 Å². The highest BCUT2D eigenvalue weighted by molar-refractivity contribution is 7.89. The number of carbonyl (C=O) groups excluding carboxylic acids is 1. The lowest BCUT2D eigenvalue weighted by Crippen LogP contribution is -2.51. The van der Waals surface area contributed by atoms with Gasteiger partial charge in [0.25, 0.3) is 0 Å². The first-order valence-electron chi connectivity index (χ1n) is 8.90. The smallest absolute Gasteiger partial charge is 0.367 e. The topological polar surface area (TPSA) is 90.0 Å². The zero-order chi connectivity index (χ0) is 22.0. The van der Waals surface area contributed by atoms with E-state index in [4.69, 9.17) is 5.21 Å². The van der Waals surface area contributed by atoms with Crippen LogP contribution in [-0.4, -0.2) is 55.8 Å². The molecule has 164 valence electrons. The number of rotatable bonds is 6. The molecular formula is C17H23F4N3O4S. The van der Waals surface area contributed by atoms with Gasteiger partial charge in [-0.3, -0.25) is 10.0 Å². The Morgan fingerprint density at radius 2 is 1.79 bits per heavy atom. The molecule has 1 unspecified atom stereocenters. The molecule has 1 fully saturated rings. The van der Waals surface area contributed by atoms with E-state index in [1.165, 1.54) is 10.4 Å². The molecule has 1 aliphatic heterocycles. The fourth-order valence-electron chi connectivity index (χ4n) is 3.13. The van der Waals surface area contributed by atoms with Crippen molar-refractivity contribution in [1.29, 1.82) is 0 Å². The second kappa shape index (κ2) is 8.84. The zero-order valence-corrected chi connectivity index (χ0v) is 16.7. The van der Waals surface area contributed by atoms with Crippen molar-refractivity contribution < 1.29 is 36.0 Å². The summed E-state index contributed by atoms with van der Waals surface area (Å²) >= 11 is 0. The van der Waals surface area contributed by atoms with Crippen LogP contribution in [0.3, 0.4) is 0 Å². The third-order valence-corrected chi connectivity index (χ3v) is 6.82. The fourth-order valence-corrected chi connectivity index (χ4v) is 5.05. The lowest BCUT2D eigenvalue weighted by molar-refractivity contribution is -0.137. The summed E-state index contributed by atoms with van der Waals surface area (Å²) in [5.41, 5.74) is 0.342. The van der Waals surface area contributed by atoms with E-state index in [2.05, 4.69) is 0 Å². The van der Waals surface area contributed by atoms with Crippen molar-refractivity contribution in [3.63, 3.8) is 0 Å². The summed E-state index contributed by atoms with van der Waals surface area (Å²) in [5, 5.41) is 8.80. The molecule has 1 aromatic rings. The quantitative estimate of drug-likeness (QED) is 0.401. The summed E-state index contributed by atoms with van der Waals surface area (Å²) in [6.07, 6.45) is -4.65. The molecule has 0 radical (unpaired) electrons. The Kier molecular flexibility index (Phi) is 7.12. The summed E-state index contributed by atoms with van der Waals surface area (Å²) in [7, 11) is -3.83. The van der Waals surface area contributed by atoms with Gasteiger partial charge in [0.1, 0.15) is 5.82 Å². The predicted molar refractivity (Wildman–Crippen MR) is 97.2 cm³/mol. The number of nitrogens with one attached hydrogen (secondary N) is 1. The molecule has 1 aliphatic rings. The molecule has 1 aromatic carbocycles. The van der Waals surface area contributed by atoms with Crippen molar-refractivity contribution in [2.75, 3.05) is 36.8 Å². The molecule has 2 rings (SSSR count). The molecule has 0 saturated carbocycles. The minimum absolute atomic E-state index is 0.00560. The van der Waals surface area contributed by atoms with Gasteiger partial charge in [0.15, 0.2) is 0 Å². The van der Waals surface area contributed by atoms with Gasteiger partial charge < -0.3 is 4.90 Å². The van der Waals surface area contributed by atoms with Crippen LogP contribution in [0.25, 0.3) is 0 Å². The van der Waals surface area contributed by atoms with Crippen LogP contribution in [0.5, 0.6) is 0 Å². The monoisotopic (exact) mass is 441 g/mol. The van der Waals surface area contributed by atoms with E-state index in [0.717, 1.165) is 16.4 Å². The van der Waals surface area contributed by atoms with Crippen LogP contribution in [0.2, 0.25) is 0 Å². The Morgan fingerprint density at radius 3 is 2.24 bits per heavy atom. The number of hydrogen-bond donors (Lipinski definition) is 2. The average molecular weight is 441 g/mol. The summed E-state index contributed by atoms with van der Waals surface area (Å²) < 4.78 is 78.6. The SMILES string of the molecule is CC(C)C(CS(=O)(=O)N1CCN(c2ccc(C(F)(F)F)cc2F)CC1)C(=O)NO. The van der Waals surface area contributed by atoms with Crippen LogP contribution in [0.1, 0.15) is 19.4 Å². The number of alkyl halides is 3. The molecule has 12 heteroatoms. The van der Waals surface area contributed by atoms with Crippen LogP contribution in [-0.2, 0) is 21.0 Å². The van der Waals surface area contributed by atoms with Gasteiger partial charge in [0, 0.05) is 26.2 Å². The van der Waals surface area contributed by atoms with E-state index < -0.39 is 45.2 Å². The van der Waals surface area contributed by atoms with Crippen LogP contribution in [0.4, 0.5) is 23.2 Å². The van der Waals surface area contributed by atoms with E-state index in [9.17, 15) is 30.8 Å². The van der Waals surface area contributed by atoms with Gasteiger partial charge in [-0.25, -0.2) is 18.3 Å². The predicted octanol–water partition coefficient (Wildman–Crippen LogP) is 2.07. The number of benzene rings is 1. The van der Waals surface area contributed by atoms with Crippen LogP contribution in [0.15, 0.2) is 18.2 Å². The maximum atomic E-state index is 14.1. The molecule has 2 N–H and O–H groups in total. The van der Waals surface area contributed by atoms with Gasteiger partial charge in [-0.2, -0.15) is 17.5 Å². The van der Waals surface area contributed by atoms with Crippen molar-refractivity contribution in [2.45, 2.75) is 20.0 Å². The van der Waals surface area contributed by atoms with E-state index in [0.29, 0.717) is 6.07 Å². The molecule has 7 nitrogen and oxygen atoms in total. The zero-order valence-electron chi connectivity index (χ0n) is 15.9. The molecule has 1 amide bonds. The van der Waals surface area contributed by atoms with Crippen molar-refractivity contribution in [3.8, 4) is 0 Å². The van der Waals surface area contributed by atoms with E-state index in [1.807, 2.05) is 0 Å². The van der Waals surface area contributed by atoms with Gasteiger partial charge in [0.2, 0.25) is 15.9 Å². The lowest BCUT2D eigenvalue weighted by atomic mass is 9.97. The molecule has 0 aromatic heterocycles. The number of amides is 1. The standard InChI is InChI=1S/C17H23F4N3O4S/c1-11(2)13(16(25)22-26)10-29(27,28)24-7-5-23(6-8-24)15-4-3-12(9-14(15)18)17(19,20)21/h3-4,9,11,13,26H,5-8,10H2,1-2H3,(H,22,25). The van der Waals surface area contributed by atoms with Crippen LogP contribution in [0, 0.1) is 17.7 Å². The number of hydrogen-bond acceptors (Lipinski definition) is 5. The van der Waals surface area contributed by atoms with Gasteiger partial charge in [-0.15, -0.1) is 0 Å². The Morgan fingerprint density at radius 1 is 1.21 bits per heavy atom. The highest BCUT2D eigenvalue weighted by Gasteiger charge is 2.35. The Balaban J connectivity index is 2.07. The second-order valence-corrected chi connectivity index (χ2v) is 9.17. The summed E-state index contributed by atoms with van der Waals surface area (Å²) in [6.45, 7) is 3.46. The molecule has 1 heterocycles. The third kappa shape index (κ3) is 5.58. The van der Waals surface area contributed by atoms with Crippen molar-refractivity contribution in [3.05, 3.63) is 29.6 Å². The highest BCUT2D eigenvalue weighted by atomic mass is 32.2. The number of sulfonamides is 1. The second-order valence-electron chi connectivity index (χ2n) is 7.16. The highest BCUT2D eigenvalue weighted by Crippen LogP contribution is 2.32. The summed E-state index contributed by atoms with van der Waals surface area (Å²) in [4.78, 5) is 13.2. The van der Waals surface area contributed by atoms with Gasteiger partial charge in [-0.05, 0) is 24.1 Å².